The Morgan fingerprint density at radius 3 is 2.84 bits per heavy atom. The monoisotopic (exact) mass is 275 g/mol. The SMILES string of the molecule is Cc1nn(C)cc1C(N)c1cc2cccc(Cl)c2o1. The Labute approximate surface area is 115 Å². The van der Waals surface area contributed by atoms with Gasteiger partial charge in [0.2, 0.25) is 0 Å². The summed E-state index contributed by atoms with van der Waals surface area (Å²) in [5.41, 5.74) is 8.79. The fourth-order valence-electron chi connectivity index (χ4n) is 2.28. The molecule has 5 heteroatoms. The molecule has 0 aliphatic rings. The number of hydrogen-bond acceptors (Lipinski definition) is 3. The number of nitrogens with two attached hydrogens (primary N) is 1. The standard InChI is InChI=1S/C14H14ClN3O/c1-8-10(7-18(2)17-8)13(16)12-6-9-4-3-5-11(15)14(9)19-12/h3-7,13H,16H2,1-2H3. The van der Waals surface area contributed by atoms with Crippen LogP contribution in [0.5, 0.6) is 0 Å². The van der Waals surface area contributed by atoms with E-state index in [1.807, 2.05) is 38.4 Å². The zero-order chi connectivity index (χ0) is 13.6. The summed E-state index contributed by atoms with van der Waals surface area (Å²) in [5.74, 6) is 0.694. The summed E-state index contributed by atoms with van der Waals surface area (Å²) >= 11 is 6.11. The van der Waals surface area contributed by atoms with Gasteiger partial charge in [-0.3, -0.25) is 4.68 Å². The lowest BCUT2D eigenvalue weighted by Crippen LogP contribution is -2.11. The van der Waals surface area contributed by atoms with Crippen molar-refractivity contribution >= 4 is 22.6 Å². The Hall–Kier alpha value is -1.78. The van der Waals surface area contributed by atoms with E-state index in [-0.39, 0.29) is 6.04 Å². The first-order valence-electron chi connectivity index (χ1n) is 6.00. The molecule has 0 aliphatic carbocycles. The highest BCUT2D eigenvalue weighted by atomic mass is 35.5. The molecule has 98 valence electrons. The van der Waals surface area contributed by atoms with E-state index in [2.05, 4.69) is 5.10 Å². The molecule has 4 nitrogen and oxygen atoms in total. The highest BCUT2D eigenvalue weighted by Crippen LogP contribution is 2.31. The van der Waals surface area contributed by atoms with Crippen molar-refractivity contribution in [2.24, 2.45) is 12.8 Å². The van der Waals surface area contributed by atoms with E-state index in [1.165, 1.54) is 0 Å². The van der Waals surface area contributed by atoms with Gasteiger partial charge in [0.15, 0.2) is 5.58 Å². The summed E-state index contributed by atoms with van der Waals surface area (Å²) in [6.07, 6.45) is 1.91. The van der Waals surface area contributed by atoms with Gasteiger partial charge >= 0.3 is 0 Å². The number of fused-ring (bicyclic) bond motifs is 1. The Bertz CT molecular complexity index is 744. The zero-order valence-electron chi connectivity index (χ0n) is 10.7. The molecule has 0 bridgehead atoms. The lowest BCUT2D eigenvalue weighted by atomic mass is 10.1. The third-order valence-electron chi connectivity index (χ3n) is 3.21. The molecular weight excluding hydrogens is 262 g/mol. The van der Waals surface area contributed by atoms with E-state index in [0.29, 0.717) is 16.4 Å². The molecule has 0 aliphatic heterocycles. The fourth-order valence-corrected chi connectivity index (χ4v) is 2.50. The summed E-state index contributed by atoms with van der Waals surface area (Å²) in [6, 6.07) is 7.25. The van der Waals surface area contributed by atoms with Crippen LogP contribution in [0.15, 0.2) is 34.9 Å². The van der Waals surface area contributed by atoms with Crippen molar-refractivity contribution < 1.29 is 4.42 Å². The first kappa shape index (κ1) is 12.3. The highest BCUT2D eigenvalue weighted by Gasteiger charge is 2.19. The number of hydrogen-bond donors (Lipinski definition) is 1. The molecule has 1 unspecified atom stereocenters. The molecule has 0 saturated carbocycles. The number of para-hydroxylation sites is 1. The largest absolute Gasteiger partial charge is 0.457 e. The molecule has 2 heterocycles. The van der Waals surface area contributed by atoms with Crippen LogP contribution < -0.4 is 5.73 Å². The smallest absolute Gasteiger partial charge is 0.152 e. The van der Waals surface area contributed by atoms with Gasteiger partial charge in [0.05, 0.1) is 16.8 Å². The third kappa shape index (κ3) is 2.03. The lowest BCUT2D eigenvalue weighted by molar-refractivity contribution is 0.524. The second kappa shape index (κ2) is 4.40. The molecule has 19 heavy (non-hydrogen) atoms. The number of aryl methyl sites for hydroxylation is 2. The van der Waals surface area contributed by atoms with Crippen molar-refractivity contribution in [2.45, 2.75) is 13.0 Å². The van der Waals surface area contributed by atoms with Crippen LogP contribution in [0.3, 0.4) is 0 Å². The molecule has 0 radical (unpaired) electrons. The van der Waals surface area contributed by atoms with Crippen molar-refractivity contribution in [1.82, 2.24) is 9.78 Å². The maximum Gasteiger partial charge on any atom is 0.152 e. The molecule has 3 rings (SSSR count). The number of halogens is 1. The summed E-state index contributed by atoms with van der Waals surface area (Å²) < 4.78 is 7.54. The number of rotatable bonds is 2. The number of benzene rings is 1. The summed E-state index contributed by atoms with van der Waals surface area (Å²) in [4.78, 5) is 0. The van der Waals surface area contributed by atoms with Crippen LogP contribution in [0, 0.1) is 6.92 Å². The number of furan rings is 1. The predicted molar refractivity (Wildman–Crippen MR) is 75.2 cm³/mol. The van der Waals surface area contributed by atoms with Crippen LogP contribution in [0.2, 0.25) is 5.02 Å². The molecule has 0 saturated heterocycles. The molecule has 0 spiro atoms. The van der Waals surface area contributed by atoms with E-state index in [4.69, 9.17) is 21.8 Å². The summed E-state index contributed by atoms with van der Waals surface area (Å²) in [6.45, 7) is 1.94. The molecule has 2 aromatic heterocycles. The second-order valence-electron chi connectivity index (χ2n) is 4.63. The fraction of sp³-hybridized carbons (Fsp3) is 0.214. The van der Waals surface area contributed by atoms with Gasteiger partial charge in [0.25, 0.3) is 0 Å². The van der Waals surface area contributed by atoms with Gasteiger partial charge in [-0.25, -0.2) is 0 Å². The van der Waals surface area contributed by atoms with E-state index in [9.17, 15) is 0 Å². The molecular formula is C14H14ClN3O. The molecule has 1 atom stereocenters. The van der Waals surface area contributed by atoms with Gasteiger partial charge in [-0.1, -0.05) is 23.7 Å². The Morgan fingerprint density at radius 2 is 2.21 bits per heavy atom. The average molecular weight is 276 g/mol. The predicted octanol–water partition coefficient (Wildman–Crippen LogP) is 3.18. The van der Waals surface area contributed by atoms with Crippen molar-refractivity contribution in [3.63, 3.8) is 0 Å². The average Bonchev–Trinajstić information content (AvgIpc) is 2.93. The van der Waals surface area contributed by atoms with Crippen LogP contribution in [-0.2, 0) is 7.05 Å². The highest BCUT2D eigenvalue weighted by molar-refractivity contribution is 6.34. The topological polar surface area (TPSA) is 57.0 Å². The van der Waals surface area contributed by atoms with E-state index >= 15 is 0 Å². The van der Waals surface area contributed by atoms with Gasteiger partial charge < -0.3 is 10.2 Å². The molecule has 2 N–H and O–H groups in total. The zero-order valence-corrected chi connectivity index (χ0v) is 11.5. The molecule has 3 aromatic rings. The molecule has 0 amide bonds. The van der Waals surface area contributed by atoms with Gasteiger partial charge in [-0.2, -0.15) is 5.10 Å². The number of aromatic nitrogens is 2. The Morgan fingerprint density at radius 1 is 1.42 bits per heavy atom. The minimum absolute atomic E-state index is 0.336. The van der Waals surface area contributed by atoms with Gasteiger partial charge in [0.1, 0.15) is 5.76 Å². The van der Waals surface area contributed by atoms with E-state index in [0.717, 1.165) is 16.6 Å². The molecule has 0 fully saturated rings. The van der Waals surface area contributed by atoms with Crippen LogP contribution in [0.4, 0.5) is 0 Å². The maximum absolute atomic E-state index is 6.25. The van der Waals surface area contributed by atoms with E-state index in [1.54, 1.807) is 10.7 Å². The van der Waals surface area contributed by atoms with Crippen LogP contribution >= 0.6 is 11.6 Å². The van der Waals surface area contributed by atoms with Gasteiger partial charge in [-0.05, 0) is 19.1 Å². The van der Waals surface area contributed by atoms with Crippen molar-refractivity contribution in [2.75, 3.05) is 0 Å². The van der Waals surface area contributed by atoms with Crippen LogP contribution in [-0.4, -0.2) is 9.78 Å². The third-order valence-corrected chi connectivity index (χ3v) is 3.51. The quantitative estimate of drug-likeness (QED) is 0.781. The summed E-state index contributed by atoms with van der Waals surface area (Å²) in [7, 11) is 1.87. The molecule has 1 aromatic carbocycles. The minimum atomic E-state index is -0.336. The van der Waals surface area contributed by atoms with E-state index < -0.39 is 0 Å². The first-order chi connectivity index (χ1) is 9.06. The second-order valence-corrected chi connectivity index (χ2v) is 5.04. The first-order valence-corrected chi connectivity index (χ1v) is 6.37. The van der Waals surface area contributed by atoms with Crippen molar-refractivity contribution in [1.29, 1.82) is 0 Å². The van der Waals surface area contributed by atoms with Crippen molar-refractivity contribution in [3.05, 3.63) is 52.5 Å². The summed E-state index contributed by atoms with van der Waals surface area (Å²) in [5, 5.41) is 5.85. The van der Waals surface area contributed by atoms with Gasteiger partial charge in [0, 0.05) is 24.2 Å². The minimum Gasteiger partial charge on any atom is -0.457 e. The van der Waals surface area contributed by atoms with Crippen LogP contribution in [0.25, 0.3) is 11.0 Å². The van der Waals surface area contributed by atoms with Gasteiger partial charge in [-0.15, -0.1) is 0 Å². The lowest BCUT2D eigenvalue weighted by Gasteiger charge is -2.06. The Balaban J connectivity index is 2.09. The van der Waals surface area contributed by atoms with Crippen molar-refractivity contribution in [3.8, 4) is 0 Å². The maximum atomic E-state index is 6.25. The Kier molecular flexibility index (Phi) is 2.84. The number of nitrogens with zero attached hydrogens (tertiary/aromatic N) is 2. The van der Waals surface area contributed by atoms with Crippen LogP contribution in [0.1, 0.15) is 23.1 Å². The normalized spacial score (nSPS) is 13.1.